The van der Waals surface area contributed by atoms with Crippen LogP contribution in [0.1, 0.15) is 0 Å². The van der Waals surface area contributed by atoms with Crippen LogP contribution in [0, 0.1) is 5.21 Å². The van der Waals surface area contributed by atoms with E-state index in [1.807, 2.05) is 0 Å². The number of aromatic nitrogens is 2. The number of H-pyrrole nitrogens is 1. The van der Waals surface area contributed by atoms with Gasteiger partial charge >= 0.3 is 5.56 Å². The van der Waals surface area contributed by atoms with Crippen molar-refractivity contribution in [3.8, 4) is 0 Å². The molecule has 1 aliphatic rings. The van der Waals surface area contributed by atoms with E-state index in [0.29, 0.717) is 0 Å². The van der Waals surface area contributed by atoms with Gasteiger partial charge in [-0.1, -0.05) is 0 Å². The number of hydroxylamine groups is 1. The molecule has 12 heavy (non-hydrogen) atoms. The number of rotatable bonds is 0. The molecule has 1 atom stereocenters. The third-order valence-corrected chi connectivity index (χ3v) is 1.47. The minimum atomic E-state index is -0.542. The Morgan fingerprint density at radius 3 is 3.17 bits per heavy atom. The lowest BCUT2D eigenvalue weighted by Crippen LogP contribution is -3.00. The highest BCUT2D eigenvalue weighted by Crippen LogP contribution is 2.15. The number of aliphatic imine (C=N–C) groups is 1. The molecule has 2 rings (SSSR count). The van der Waals surface area contributed by atoms with Gasteiger partial charge in [-0.3, -0.25) is 14.8 Å². The van der Waals surface area contributed by atoms with Gasteiger partial charge in [-0.15, -0.1) is 0 Å². The third-order valence-electron chi connectivity index (χ3n) is 1.47. The molecular formula is C5H5N5O2. The molecule has 0 aromatic carbocycles. The summed E-state index contributed by atoms with van der Waals surface area (Å²) in [6, 6.07) is 0. The number of quaternary nitrogens is 1. The van der Waals surface area contributed by atoms with Crippen LogP contribution in [0.4, 0.5) is 17.5 Å². The Bertz CT molecular complexity index is 409. The monoisotopic (exact) mass is 167 g/mol. The van der Waals surface area contributed by atoms with Gasteiger partial charge in [0.2, 0.25) is 17.5 Å². The summed E-state index contributed by atoms with van der Waals surface area (Å²) >= 11 is 0. The normalized spacial score (nSPS) is 19.6. The lowest BCUT2D eigenvalue weighted by Gasteiger charge is -2.08. The number of hydrogen-bond acceptors (Lipinski definition) is 5. The maximum atomic E-state index is 11.1. The van der Waals surface area contributed by atoms with Gasteiger partial charge in [0.25, 0.3) is 0 Å². The molecule has 0 spiro atoms. The van der Waals surface area contributed by atoms with Crippen molar-refractivity contribution in [1.82, 2.24) is 9.97 Å². The van der Waals surface area contributed by atoms with Crippen molar-refractivity contribution in [3.63, 3.8) is 0 Å². The highest BCUT2D eigenvalue weighted by molar-refractivity contribution is 5.68. The van der Waals surface area contributed by atoms with Crippen molar-refractivity contribution in [2.75, 3.05) is 5.73 Å². The van der Waals surface area contributed by atoms with Crippen LogP contribution >= 0.6 is 0 Å². The molecule has 0 aliphatic carbocycles. The van der Waals surface area contributed by atoms with Crippen LogP contribution in [-0.4, -0.2) is 16.3 Å². The molecule has 0 bridgehead atoms. The predicted molar refractivity (Wildman–Crippen MR) is 41.4 cm³/mol. The van der Waals surface area contributed by atoms with Gasteiger partial charge in [-0.2, -0.15) is 9.98 Å². The number of fused-ring (bicyclic) bond motifs is 1. The first-order valence-corrected chi connectivity index (χ1v) is 3.16. The molecule has 1 unspecified atom stereocenters. The van der Waals surface area contributed by atoms with E-state index in [1.165, 1.54) is 0 Å². The molecule has 7 heteroatoms. The van der Waals surface area contributed by atoms with E-state index < -0.39 is 10.6 Å². The second-order valence-corrected chi connectivity index (χ2v) is 2.27. The van der Waals surface area contributed by atoms with E-state index in [4.69, 9.17) is 5.73 Å². The molecule has 0 saturated heterocycles. The van der Waals surface area contributed by atoms with E-state index in [2.05, 4.69) is 15.0 Å². The molecule has 0 saturated carbocycles. The number of nitrogens with one attached hydrogen (secondary N) is 2. The van der Waals surface area contributed by atoms with E-state index in [9.17, 15) is 10.0 Å². The summed E-state index contributed by atoms with van der Waals surface area (Å²) in [6.45, 7) is 0. The second kappa shape index (κ2) is 2.13. The van der Waals surface area contributed by atoms with Gasteiger partial charge in [0.1, 0.15) is 0 Å². The smallest absolute Gasteiger partial charge is 0.316 e. The largest absolute Gasteiger partial charge is 0.622 e. The molecule has 7 nitrogen and oxygen atoms in total. The van der Waals surface area contributed by atoms with Crippen LogP contribution in [0.3, 0.4) is 0 Å². The van der Waals surface area contributed by atoms with E-state index in [1.54, 1.807) is 0 Å². The Labute approximate surface area is 66.1 Å². The molecule has 0 fully saturated rings. The fourth-order valence-electron chi connectivity index (χ4n) is 0.978. The van der Waals surface area contributed by atoms with Crippen LogP contribution in [0.25, 0.3) is 0 Å². The van der Waals surface area contributed by atoms with Gasteiger partial charge in [0.05, 0.1) is 0 Å². The number of hydrogen-bond donors (Lipinski definition) is 3. The van der Waals surface area contributed by atoms with E-state index in [0.717, 1.165) is 6.34 Å². The summed E-state index contributed by atoms with van der Waals surface area (Å²) in [6.07, 6.45) is 1.05. The topological polar surface area (TPSA) is 112 Å². The van der Waals surface area contributed by atoms with Gasteiger partial charge in [-0.05, 0) is 0 Å². The molecule has 1 aromatic heterocycles. The number of nitrogens with zero attached hydrogens (tertiary/aromatic N) is 2. The van der Waals surface area contributed by atoms with Crippen molar-refractivity contribution < 1.29 is 5.06 Å². The first-order valence-electron chi connectivity index (χ1n) is 3.16. The van der Waals surface area contributed by atoms with Crippen LogP contribution < -0.4 is 16.4 Å². The zero-order chi connectivity index (χ0) is 8.72. The van der Waals surface area contributed by atoms with Crippen molar-refractivity contribution in [2.24, 2.45) is 4.99 Å². The molecule has 62 valence electrons. The van der Waals surface area contributed by atoms with E-state index >= 15 is 0 Å². The molecular weight excluding hydrogens is 162 g/mol. The van der Waals surface area contributed by atoms with Gasteiger partial charge < -0.3 is 10.9 Å². The minimum absolute atomic E-state index is 0.0365. The predicted octanol–water partition coefficient (Wildman–Crippen LogP) is -1.96. The Hall–Kier alpha value is -1.73. The highest BCUT2D eigenvalue weighted by atomic mass is 16.5. The van der Waals surface area contributed by atoms with Crippen molar-refractivity contribution >= 4 is 23.8 Å². The SMILES string of the molecule is Nc1nc2c(c(=O)[nH]1)[NH+]([O-])C=N2. The summed E-state index contributed by atoms with van der Waals surface area (Å²) < 4.78 is 0. The molecule has 0 amide bonds. The van der Waals surface area contributed by atoms with Crippen LogP contribution in [0.2, 0.25) is 0 Å². The summed E-state index contributed by atoms with van der Waals surface area (Å²) in [5.74, 6) is 0.0619. The molecule has 2 heterocycles. The lowest BCUT2D eigenvalue weighted by molar-refractivity contribution is -0.656. The Kier molecular flexibility index (Phi) is 1.23. The van der Waals surface area contributed by atoms with Crippen molar-refractivity contribution in [3.05, 3.63) is 15.6 Å². The standard InChI is InChI=1S/C5H5N5O2/c6-5-8-3-2(4(11)9-5)10(12)1-7-3/h1,10H,(H3,6,8,9,11). The Morgan fingerprint density at radius 1 is 1.67 bits per heavy atom. The number of anilines is 1. The average Bonchev–Trinajstić information content (AvgIpc) is 2.31. The lowest BCUT2D eigenvalue weighted by atomic mass is 10.5. The Morgan fingerprint density at radius 2 is 2.42 bits per heavy atom. The maximum absolute atomic E-state index is 11.1. The first kappa shape index (κ1) is 6.95. The summed E-state index contributed by atoms with van der Waals surface area (Å²) in [5, 5.41) is 10.5. The van der Waals surface area contributed by atoms with Gasteiger partial charge in [0, 0.05) is 0 Å². The second-order valence-electron chi connectivity index (χ2n) is 2.27. The zero-order valence-electron chi connectivity index (χ0n) is 5.87. The van der Waals surface area contributed by atoms with E-state index in [-0.39, 0.29) is 17.5 Å². The minimum Gasteiger partial charge on any atom is -0.622 e. The first-order chi connectivity index (χ1) is 5.68. The third kappa shape index (κ3) is 0.807. The van der Waals surface area contributed by atoms with Crippen LogP contribution in [-0.2, 0) is 0 Å². The average molecular weight is 167 g/mol. The quantitative estimate of drug-likeness (QED) is 0.389. The summed E-state index contributed by atoms with van der Waals surface area (Å²) in [4.78, 5) is 20.6. The number of nitrogen functional groups attached to an aromatic ring is 1. The highest BCUT2D eigenvalue weighted by Gasteiger charge is 2.21. The fourth-order valence-corrected chi connectivity index (χ4v) is 0.978. The summed E-state index contributed by atoms with van der Waals surface area (Å²) in [5.41, 5.74) is 4.65. The van der Waals surface area contributed by atoms with Gasteiger partial charge in [-0.25, -0.2) is 0 Å². The number of aromatic amines is 1. The summed E-state index contributed by atoms with van der Waals surface area (Å²) in [7, 11) is 0. The molecule has 1 aromatic rings. The van der Waals surface area contributed by atoms with Gasteiger partial charge in [0.15, 0.2) is 6.34 Å². The van der Waals surface area contributed by atoms with Crippen LogP contribution in [0.5, 0.6) is 0 Å². The van der Waals surface area contributed by atoms with Crippen molar-refractivity contribution in [2.45, 2.75) is 0 Å². The van der Waals surface area contributed by atoms with Crippen molar-refractivity contribution in [1.29, 1.82) is 0 Å². The molecule has 0 radical (unpaired) electrons. The fraction of sp³-hybridized carbons (Fsp3) is 0. The Balaban J connectivity index is 2.75. The zero-order valence-corrected chi connectivity index (χ0v) is 5.87. The molecule has 1 aliphatic heterocycles. The van der Waals surface area contributed by atoms with Crippen LogP contribution in [0.15, 0.2) is 9.79 Å². The molecule has 4 N–H and O–H groups in total. The maximum Gasteiger partial charge on any atom is 0.316 e. The number of nitrogens with two attached hydrogens (primary N) is 1.